The molecule has 0 aliphatic carbocycles. The first-order chi connectivity index (χ1) is 10.0. The molecular weight excluding hydrogens is 332 g/mol. The zero-order valence-corrected chi connectivity index (χ0v) is 14.2. The molecule has 1 atom stereocenters. The van der Waals surface area contributed by atoms with Gasteiger partial charge in [-0.1, -0.05) is 19.1 Å². The summed E-state index contributed by atoms with van der Waals surface area (Å²) in [4.78, 5) is 0. The molecular formula is C15H21BrN4O. The van der Waals surface area contributed by atoms with Crippen molar-refractivity contribution in [3.63, 3.8) is 0 Å². The molecule has 0 aliphatic heterocycles. The van der Waals surface area contributed by atoms with E-state index in [0.717, 1.165) is 40.3 Å². The van der Waals surface area contributed by atoms with Crippen LogP contribution in [0.15, 0.2) is 22.7 Å². The van der Waals surface area contributed by atoms with Crippen molar-refractivity contribution in [3.05, 3.63) is 39.9 Å². The molecule has 5 nitrogen and oxygen atoms in total. The van der Waals surface area contributed by atoms with E-state index in [1.165, 1.54) is 0 Å². The highest BCUT2D eigenvalue weighted by molar-refractivity contribution is 9.10. The Morgan fingerprint density at radius 2 is 2.14 bits per heavy atom. The molecule has 2 N–H and O–H groups in total. The SMILES string of the molecule is CCC(N)Cc1cccc(Br)c1OCc1nnc(C)n1C. The smallest absolute Gasteiger partial charge is 0.170 e. The standard InChI is InChI=1S/C15H21BrN4O/c1-4-12(17)8-11-6-5-7-13(16)15(11)21-9-14-19-18-10(2)20(14)3/h5-7,12H,4,8-9,17H2,1-3H3. The van der Waals surface area contributed by atoms with Gasteiger partial charge in [-0.3, -0.25) is 0 Å². The minimum atomic E-state index is 0.138. The molecule has 0 bridgehead atoms. The first-order valence-corrected chi connectivity index (χ1v) is 7.82. The summed E-state index contributed by atoms with van der Waals surface area (Å²) < 4.78 is 8.83. The number of hydrogen-bond acceptors (Lipinski definition) is 4. The fourth-order valence-corrected chi connectivity index (χ4v) is 2.54. The molecule has 6 heteroatoms. The summed E-state index contributed by atoms with van der Waals surface area (Å²) in [6, 6.07) is 6.16. The Morgan fingerprint density at radius 1 is 1.38 bits per heavy atom. The largest absolute Gasteiger partial charge is 0.484 e. The highest BCUT2D eigenvalue weighted by Gasteiger charge is 2.13. The molecule has 0 spiro atoms. The van der Waals surface area contributed by atoms with Crippen molar-refractivity contribution < 1.29 is 4.74 Å². The maximum Gasteiger partial charge on any atom is 0.170 e. The van der Waals surface area contributed by atoms with Crippen molar-refractivity contribution in [3.8, 4) is 5.75 Å². The molecule has 0 amide bonds. The van der Waals surface area contributed by atoms with E-state index in [9.17, 15) is 0 Å². The highest BCUT2D eigenvalue weighted by atomic mass is 79.9. The van der Waals surface area contributed by atoms with Crippen LogP contribution in [0.5, 0.6) is 5.75 Å². The van der Waals surface area contributed by atoms with Crippen LogP contribution in [0.25, 0.3) is 0 Å². The van der Waals surface area contributed by atoms with Gasteiger partial charge >= 0.3 is 0 Å². The van der Waals surface area contributed by atoms with E-state index in [4.69, 9.17) is 10.5 Å². The zero-order chi connectivity index (χ0) is 15.4. The molecule has 114 valence electrons. The molecule has 0 saturated carbocycles. The van der Waals surface area contributed by atoms with Gasteiger partial charge in [0.1, 0.15) is 18.2 Å². The van der Waals surface area contributed by atoms with Gasteiger partial charge in [-0.05, 0) is 47.3 Å². The molecule has 1 heterocycles. The maximum atomic E-state index is 6.06. The molecule has 1 unspecified atom stereocenters. The van der Waals surface area contributed by atoms with Gasteiger partial charge in [0.25, 0.3) is 0 Å². The third-order valence-electron chi connectivity index (χ3n) is 3.58. The Bertz CT molecular complexity index is 612. The number of aromatic nitrogens is 3. The lowest BCUT2D eigenvalue weighted by Crippen LogP contribution is -2.21. The zero-order valence-electron chi connectivity index (χ0n) is 12.6. The van der Waals surface area contributed by atoms with Crippen molar-refractivity contribution in [1.82, 2.24) is 14.8 Å². The molecule has 1 aromatic heterocycles. The summed E-state index contributed by atoms with van der Waals surface area (Å²) in [6.45, 7) is 4.39. The average molecular weight is 353 g/mol. The van der Waals surface area contributed by atoms with E-state index in [-0.39, 0.29) is 6.04 Å². The van der Waals surface area contributed by atoms with Crippen molar-refractivity contribution >= 4 is 15.9 Å². The van der Waals surface area contributed by atoms with E-state index in [0.29, 0.717) is 6.61 Å². The number of ether oxygens (including phenoxy) is 1. The predicted octanol–water partition coefficient (Wildman–Crippen LogP) is 2.74. The number of hydrogen-bond donors (Lipinski definition) is 1. The summed E-state index contributed by atoms with van der Waals surface area (Å²) in [5.41, 5.74) is 7.17. The maximum absolute atomic E-state index is 6.06. The number of nitrogens with zero attached hydrogens (tertiary/aromatic N) is 3. The van der Waals surface area contributed by atoms with E-state index in [2.05, 4.69) is 39.1 Å². The van der Waals surface area contributed by atoms with Crippen LogP contribution >= 0.6 is 15.9 Å². The van der Waals surface area contributed by atoms with Gasteiger partial charge in [0, 0.05) is 13.1 Å². The minimum absolute atomic E-state index is 0.138. The fraction of sp³-hybridized carbons (Fsp3) is 0.467. The topological polar surface area (TPSA) is 66.0 Å². The molecule has 2 aromatic rings. The lowest BCUT2D eigenvalue weighted by atomic mass is 10.0. The normalized spacial score (nSPS) is 12.4. The van der Waals surface area contributed by atoms with Gasteiger partial charge in [0.05, 0.1) is 4.47 Å². The van der Waals surface area contributed by atoms with Crippen molar-refractivity contribution in [1.29, 1.82) is 0 Å². The van der Waals surface area contributed by atoms with Crippen molar-refractivity contribution in [2.45, 2.75) is 39.3 Å². The number of rotatable bonds is 6. The monoisotopic (exact) mass is 352 g/mol. The molecule has 1 aromatic carbocycles. The van der Waals surface area contributed by atoms with Gasteiger partial charge < -0.3 is 15.0 Å². The molecule has 0 fully saturated rings. The van der Waals surface area contributed by atoms with Gasteiger partial charge in [-0.25, -0.2) is 0 Å². The Labute approximate surface area is 133 Å². The van der Waals surface area contributed by atoms with Crippen molar-refractivity contribution in [2.24, 2.45) is 12.8 Å². The van der Waals surface area contributed by atoms with Crippen LogP contribution in [-0.2, 0) is 20.1 Å². The summed E-state index contributed by atoms with van der Waals surface area (Å²) >= 11 is 3.55. The van der Waals surface area contributed by atoms with E-state index in [1.54, 1.807) is 0 Å². The molecule has 2 rings (SSSR count). The number of halogens is 1. The van der Waals surface area contributed by atoms with Gasteiger partial charge in [0.2, 0.25) is 0 Å². The summed E-state index contributed by atoms with van der Waals surface area (Å²) in [7, 11) is 1.93. The fourth-order valence-electron chi connectivity index (χ4n) is 2.02. The Hall–Kier alpha value is -1.40. The lowest BCUT2D eigenvalue weighted by molar-refractivity contribution is 0.285. The Kier molecular flexibility index (Phi) is 5.36. The quantitative estimate of drug-likeness (QED) is 0.867. The summed E-state index contributed by atoms with van der Waals surface area (Å²) in [5.74, 6) is 2.50. The van der Waals surface area contributed by atoms with Gasteiger partial charge in [-0.15, -0.1) is 10.2 Å². The van der Waals surface area contributed by atoms with Gasteiger partial charge in [-0.2, -0.15) is 0 Å². The third kappa shape index (κ3) is 3.83. The molecule has 0 aliphatic rings. The first-order valence-electron chi connectivity index (χ1n) is 7.03. The number of nitrogens with two attached hydrogens (primary N) is 1. The second-order valence-corrected chi connectivity index (χ2v) is 5.97. The number of benzene rings is 1. The Balaban J connectivity index is 2.17. The number of para-hydroxylation sites is 1. The third-order valence-corrected chi connectivity index (χ3v) is 4.21. The van der Waals surface area contributed by atoms with Crippen molar-refractivity contribution in [2.75, 3.05) is 0 Å². The Morgan fingerprint density at radius 3 is 2.76 bits per heavy atom. The van der Waals surface area contributed by atoms with E-state index >= 15 is 0 Å². The van der Waals surface area contributed by atoms with Crippen LogP contribution in [0.2, 0.25) is 0 Å². The molecule has 21 heavy (non-hydrogen) atoms. The van der Waals surface area contributed by atoms with Crippen LogP contribution in [0.4, 0.5) is 0 Å². The van der Waals surface area contributed by atoms with E-state index < -0.39 is 0 Å². The highest BCUT2D eigenvalue weighted by Crippen LogP contribution is 2.30. The molecule has 0 saturated heterocycles. The van der Waals surface area contributed by atoms with Crippen LogP contribution in [0.3, 0.4) is 0 Å². The van der Waals surface area contributed by atoms with Crippen LogP contribution in [0.1, 0.15) is 30.6 Å². The summed E-state index contributed by atoms with van der Waals surface area (Å²) in [5, 5.41) is 8.15. The second kappa shape index (κ2) is 7.04. The molecule has 0 radical (unpaired) electrons. The van der Waals surface area contributed by atoms with Gasteiger partial charge in [0.15, 0.2) is 5.82 Å². The summed E-state index contributed by atoms with van der Waals surface area (Å²) in [6.07, 6.45) is 1.73. The average Bonchev–Trinajstić information content (AvgIpc) is 2.78. The van der Waals surface area contributed by atoms with Crippen LogP contribution in [0, 0.1) is 6.92 Å². The second-order valence-electron chi connectivity index (χ2n) is 5.11. The predicted molar refractivity (Wildman–Crippen MR) is 86.2 cm³/mol. The van der Waals surface area contributed by atoms with Crippen LogP contribution < -0.4 is 10.5 Å². The first kappa shape index (κ1) is 16.0. The van der Waals surface area contributed by atoms with Crippen LogP contribution in [-0.4, -0.2) is 20.8 Å². The number of aryl methyl sites for hydroxylation is 1. The van der Waals surface area contributed by atoms with E-state index in [1.807, 2.05) is 30.7 Å². The minimum Gasteiger partial charge on any atom is -0.484 e. The lowest BCUT2D eigenvalue weighted by Gasteiger charge is -2.15.